The third-order valence-electron chi connectivity index (χ3n) is 3.38. The molecular weight excluding hydrogens is 250 g/mol. The van der Waals surface area contributed by atoms with Gasteiger partial charge in [-0.2, -0.15) is 0 Å². The smallest absolute Gasteiger partial charge is 0.309 e. The Morgan fingerprint density at radius 1 is 1.21 bits per heavy atom. The molecule has 1 aliphatic heterocycles. The standard InChI is InChI=1S/C13H19NO5/c1-3-4-8(2)11(15)14-6-5-9(12(16)17)10(7-14)13(18)19/h4,9-10H,3,5-7H2,1-2H3,(H,16,17)(H,18,19)/b8-4-. The van der Waals surface area contributed by atoms with E-state index in [4.69, 9.17) is 10.2 Å². The Kier molecular flexibility index (Phi) is 5.09. The maximum absolute atomic E-state index is 12.0. The van der Waals surface area contributed by atoms with E-state index in [9.17, 15) is 14.4 Å². The Hall–Kier alpha value is -1.85. The van der Waals surface area contributed by atoms with Crippen LogP contribution in [0.4, 0.5) is 0 Å². The van der Waals surface area contributed by atoms with Crippen LogP contribution in [0.3, 0.4) is 0 Å². The van der Waals surface area contributed by atoms with Gasteiger partial charge in [-0.3, -0.25) is 14.4 Å². The molecule has 1 rings (SSSR count). The van der Waals surface area contributed by atoms with Crippen molar-refractivity contribution in [3.8, 4) is 0 Å². The van der Waals surface area contributed by atoms with Crippen LogP contribution in [-0.4, -0.2) is 46.0 Å². The summed E-state index contributed by atoms with van der Waals surface area (Å²) in [5, 5.41) is 18.1. The molecular formula is C13H19NO5. The number of piperidine rings is 1. The van der Waals surface area contributed by atoms with Crippen LogP contribution in [0.15, 0.2) is 11.6 Å². The minimum atomic E-state index is -1.16. The molecule has 106 valence electrons. The van der Waals surface area contributed by atoms with Gasteiger partial charge >= 0.3 is 11.9 Å². The summed E-state index contributed by atoms with van der Waals surface area (Å²) < 4.78 is 0. The highest BCUT2D eigenvalue weighted by Crippen LogP contribution is 2.25. The van der Waals surface area contributed by atoms with Gasteiger partial charge in [0.2, 0.25) is 5.91 Å². The highest BCUT2D eigenvalue weighted by Gasteiger charge is 2.40. The summed E-state index contributed by atoms with van der Waals surface area (Å²) >= 11 is 0. The number of amides is 1. The number of aliphatic carboxylic acids is 2. The molecule has 0 saturated carbocycles. The monoisotopic (exact) mass is 269 g/mol. The summed E-state index contributed by atoms with van der Waals surface area (Å²) in [7, 11) is 0. The van der Waals surface area contributed by atoms with Gasteiger partial charge < -0.3 is 15.1 Å². The molecule has 0 radical (unpaired) electrons. The topological polar surface area (TPSA) is 94.9 Å². The zero-order valence-corrected chi connectivity index (χ0v) is 11.1. The quantitative estimate of drug-likeness (QED) is 0.742. The fourth-order valence-corrected chi connectivity index (χ4v) is 2.33. The van der Waals surface area contributed by atoms with Gasteiger partial charge in [0.1, 0.15) is 0 Å². The summed E-state index contributed by atoms with van der Waals surface area (Å²) in [5.41, 5.74) is 0.570. The lowest BCUT2D eigenvalue weighted by Crippen LogP contribution is -2.48. The van der Waals surface area contributed by atoms with Crippen molar-refractivity contribution in [1.29, 1.82) is 0 Å². The van der Waals surface area contributed by atoms with Gasteiger partial charge in [0.25, 0.3) is 0 Å². The number of likely N-dealkylation sites (tertiary alicyclic amines) is 1. The van der Waals surface area contributed by atoms with Crippen LogP contribution in [0, 0.1) is 11.8 Å². The number of hydrogen-bond donors (Lipinski definition) is 2. The van der Waals surface area contributed by atoms with Crippen LogP contribution < -0.4 is 0 Å². The summed E-state index contributed by atoms with van der Waals surface area (Å²) in [5.74, 6) is -4.44. The van der Waals surface area contributed by atoms with Crippen LogP contribution >= 0.6 is 0 Å². The molecule has 1 fully saturated rings. The van der Waals surface area contributed by atoms with Crippen LogP contribution in [-0.2, 0) is 14.4 Å². The van der Waals surface area contributed by atoms with Gasteiger partial charge in [-0.25, -0.2) is 0 Å². The van der Waals surface area contributed by atoms with Crippen LogP contribution in [0.5, 0.6) is 0 Å². The fourth-order valence-electron chi connectivity index (χ4n) is 2.33. The number of carbonyl (C=O) groups excluding carboxylic acids is 1. The first kappa shape index (κ1) is 15.2. The van der Waals surface area contributed by atoms with Gasteiger partial charge in [0.15, 0.2) is 0 Å². The number of rotatable bonds is 4. The highest BCUT2D eigenvalue weighted by molar-refractivity contribution is 5.93. The molecule has 2 unspecified atom stereocenters. The minimum absolute atomic E-state index is 0.0416. The fraction of sp³-hybridized carbons (Fsp3) is 0.615. The molecule has 1 amide bonds. The van der Waals surface area contributed by atoms with Crippen LogP contribution in [0.25, 0.3) is 0 Å². The molecule has 6 nitrogen and oxygen atoms in total. The van der Waals surface area contributed by atoms with E-state index < -0.39 is 23.8 Å². The summed E-state index contributed by atoms with van der Waals surface area (Å²) in [6.07, 6.45) is 2.68. The second-order valence-electron chi connectivity index (χ2n) is 4.72. The van der Waals surface area contributed by atoms with E-state index in [-0.39, 0.29) is 25.4 Å². The minimum Gasteiger partial charge on any atom is -0.481 e. The van der Waals surface area contributed by atoms with Gasteiger partial charge in [-0.05, 0) is 19.8 Å². The number of hydrogen-bond acceptors (Lipinski definition) is 3. The van der Waals surface area contributed by atoms with Gasteiger partial charge in [0.05, 0.1) is 11.8 Å². The average molecular weight is 269 g/mol. The van der Waals surface area contributed by atoms with Crippen molar-refractivity contribution in [3.63, 3.8) is 0 Å². The Morgan fingerprint density at radius 2 is 1.79 bits per heavy atom. The Balaban J connectivity index is 2.82. The van der Waals surface area contributed by atoms with E-state index in [0.29, 0.717) is 5.57 Å². The third kappa shape index (κ3) is 3.56. The number of carboxylic acid groups (broad SMARTS) is 2. The van der Waals surface area contributed by atoms with Gasteiger partial charge in [0, 0.05) is 18.7 Å². The Morgan fingerprint density at radius 3 is 2.26 bits per heavy atom. The molecule has 1 saturated heterocycles. The van der Waals surface area contributed by atoms with Crippen molar-refractivity contribution in [1.82, 2.24) is 4.90 Å². The second-order valence-corrected chi connectivity index (χ2v) is 4.72. The van der Waals surface area contributed by atoms with Crippen LogP contribution in [0.1, 0.15) is 26.7 Å². The first-order valence-electron chi connectivity index (χ1n) is 6.30. The van der Waals surface area contributed by atoms with Crippen molar-refractivity contribution in [2.75, 3.05) is 13.1 Å². The number of carbonyl (C=O) groups is 3. The predicted molar refractivity (Wildman–Crippen MR) is 67.5 cm³/mol. The van der Waals surface area contributed by atoms with Crippen LogP contribution in [0.2, 0.25) is 0 Å². The molecule has 2 atom stereocenters. The molecule has 2 N–H and O–H groups in total. The predicted octanol–water partition coefficient (Wildman–Crippen LogP) is 0.977. The van der Waals surface area contributed by atoms with Crippen molar-refractivity contribution in [2.24, 2.45) is 11.8 Å². The number of nitrogens with zero attached hydrogens (tertiary/aromatic N) is 1. The molecule has 0 bridgehead atoms. The molecule has 0 aliphatic carbocycles. The first-order chi connectivity index (χ1) is 8.88. The molecule has 6 heteroatoms. The Bertz CT molecular complexity index is 415. The number of allylic oxidation sites excluding steroid dienone is 1. The lowest BCUT2D eigenvalue weighted by Gasteiger charge is -2.34. The van der Waals surface area contributed by atoms with E-state index in [1.807, 2.05) is 6.92 Å². The SMILES string of the molecule is CC/C=C(/C)C(=O)N1CCC(C(=O)O)C(C(=O)O)C1. The molecule has 1 heterocycles. The summed E-state index contributed by atoms with van der Waals surface area (Å²) in [6, 6.07) is 0. The molecule has 19 heavy (non-hydrogen) atoms. The van der Waals surface area contributed by atoms with E-state index >= 15 is 0 Å². The molecule has 0 aromatic heterocycles. The Labute approximate surface area is 111 Å². The van der Waals surface area contributed by atoms with Crippen molar-refractivity contribution >= 4 is 17.8 Å². The maximum Gasteiger partial charge on any atom is 0.309 e. The second kappa shape index (κ2) is 6.36. The highest BCUT2D eigenvalue weighted by atomic mass is 16.4. The molecule has 0 spiro atoms. The van der Waals surface area contributed by atoms with Crippen molar-refractivity contribution < 1.29 is 24.6 Å². The summed E-state index contributed by atoms with van der Waals surface area (Å²) in [6.45, 7) is 3.84. The number of carboxylic acids is 2. The van der Waals surface area contributed by atoms with E-state index in [0.717, 1.165) is 6.42 Å². The molecule has 0 aromatic carbocycles. The van der Waals surface area contributed by atoms with Crippen molar-refractivity contribution in [2.45, 2.75) is 26.7 Å². The van der Waals surface area contributed by atoms with E-state index in [1.54, 1.807) is 13.0 Å². The third-order valence-corrected chi connectivity index (χ3v) is 3.38. The van der Waals surface area contributed by atoms with Gasteiger partial charge in [-0.15, -0.1) is 0 Å². The van der Waals surface area contributed by atoms with E-state index in [2.05, 4.69) is 0 Å². The largest absolute Gasteiger partial charge is 0.481 e. The lowest BCUT2D eigenvalue weighted by atomic mass is 9.85. The average Bonchev–Trinajstić information content (AvgIpc) is 2.37. The normalized spacial score (nSPS) is 24.1. The zero-order chi connectivity index (χ0) is 14.6. The first-order valence-corrected chi connectivity index (χ1v) is 6.30. The zero-order valence-electron chi connectivity index (χ0n) is 11.1. The molecule has 0 aromatic rings. The summed E-state index contributed by atoms with van der Waals surface area (Å²) in [4.78, 5) is 35.6. The van der Waals surface area contributed by atoms with E-state index in [1.165, 1.54) is 4.90 Å². The van der Waals surface area contributed by atoms with Gasteiger partial charge in [-0.1, -0.05) is 13.0 Å². The maximum atomic E-state index is 12.0. The van der Waals surface area contributed by atoms with Crippen molar-refractivity contribution in [3.05, 3.63) is 11.6 Å². The molecule has 1 aliphatic rings. The lowest BCUT2D eigenvalue weighted by molar-refractivity contribution is -0.158.